The Morgan fingerprint density at radius 3 is 2.68 bits per heavy atom. The summed E-state index contributed by atoms with van der Waals surface area (Å²) in [5.74, 6) is 1.24. The van der Waals surface area contributed by atoms with Gasteiger partial charge < -0.3 is 20.3 Å². The van der Waals surface area contributed by atoms with Crippen LogP contribution in [-0.4, -0.2) is 56.6 Å². The normalized spacial score (nSPS) is 20.7. The molecular weight excluding hydrogens is 409 g/mol. The number of morpholine rings is 1. The minimum atomic E-state index is -4.38. The lowest BCUT2D eigenvalue weighted by Crippen LogP contribution is -2.49. The van der Waals surface area contributed by atoms with E-state index >= 15 is 0 Å². The lowest BCUT2D eigenvalue weighted by molar-refractivity contribution is -0.137. The van der Waals surface area contributed by atoms with Gasteiger partial charge in [0.05, 0.1) is 18.7 Å². The zero-order chi connectivity index (χ0) is 22.3. The van der Waals surface area contributed by atoms with Gasteiger partial charge in [0.2, 0.25) is 5.91 Å². The molecule has 1 aromatic carbocycles. The van der Waals surface area contributed by atoms with Crippen molar-refractivity contribution in [3.8, 4) is 0 Å². The Labute approximate surface area is 181 Å². The van der Waals surface area contributed by atoms with Crippen LogP contribution in [0, 0.1) is 5.92 Å². The molecule has 2 fully saturated rings. The molecule has 9 heteroatoms. The molecule has 0 radical (unpaired) electrons. The van der Waals surface area contributed by atoms with Crippen LogP contribution in [0.1, 0.15) is 49.3 Å². The Morgan fingerprint density at radius 1 is 1.23 bits per heavy atom. The van der Waals surface area contributed by atoms with Crippen molar-refractivity contribution < 1.29 is 22.7 Å². The molecule has 2 N–H and O–H groups in total. The minimum absolute atomic E-state index is 0.0830. The molecule has 172 valence electrons. The van der Waals surface area contributed by atoms with Gasteiger partial charge in [0.25, 0.3) is 0 Å². The zero-order valence-corrected chi connectivity index (χ0v) is 17.9. The SMILES string of the molecule is CN=C(NCCNC(=O)CC1CCCC1)N1CCOC(c2cccc(C(F)(F)F)c2)C1. The van der Waals surface area contributed by atoms with Gasteiger partial charge >= 0.3 is 6.18 Å². The fourth-order valence-corrected chi connectivity index (χ4v) is 4.22. The average Bonchev–Trinajstić information content (AvgIpc) is 3.26. The summed E-state index contributed by atoms with van der Waals surface area (Å²) in [6.45, 7) is 2.39. The van der Waals surface area contributed by atoms with E-state index in [4.69, 9.17) is 4.74 Å². The summed E-state index contributed by atoms with van der Waals surface area (Å²) in [6, 6.07) is 5.26. The fourth-order valence-electron chi connectivity index (χ4n) is 4.22. The van der Waals surface area contributed by atoms with Gasteiger partial charge in [-0.2, -0.15) is 13.2 Å². The third kappa shape index (κ3) is 6.85. The number of halogens is 3. The molecule has 1 aliphatic carbocycles. The van der Waals surface area contributed by atoms with Crippen molar-refractivity contribution in [3.63, 3.8) is 0 Å². The molecule has 31 heavy (non-hydrogen) atoms. The molecular formula is C22H31F3N4O2. The molecule has 1 saturated carbocycles. The summed E-state index contributed by atoms with van der Waals surface area (Å²) in [4.78, 5) is 18.3. The number of hydrogen-bond acceptors (Lipinski definition) is 3. The summed E-state index contributed by atoms with van der Waals surface area (Å²) in [5, 5.41) is 6.16. The maximum Gasteiger partial charge on any atom is 0.416 e. The van der Waals surface area contributed by atoms with Crippen molar-refractivity contribution in [3.05, 3.63) is 35.4 Å². The summed E-state index contributed by atoms with van der Waals surface area (Å²) in [5.41, 5.74) is -0.185. The smallest absolute Gasteiger partial charge is 0.370 e. The van der Waals surface area contributed by atoms with Crippen molar-refractivity contribution in [2.45, 2.75) is 44.4 Å². The van der Waals surface area contributed by atoms with Crippen LogP contribution in [0.2, 0.25) is 0 Å². The van der Waals surface area contributed by atoms with Crippen LogP contribution in [-0.2, 0) is 15.7 Å². The number of aliphatic imine (C=N–C) groups is 1. The molecule has 1 saturated heterocycles. The number of guanidine groups is 1. The Balaban J connectivity index is 1.47. The van der Waals surface area contributed by atoms with Crippen LogP contribution in [0.25, 0.3) is 0 Å². The highest BCUT2D eigenvalue weighted by Gasteiger charge is 2.32. The first-order chi connectivity index (χ1) is 14.9. The van der Waals surface area contributed by atoms with E-state index in [0.717, 1.165) is 25.0 Å². The minimum Gasteiger partial charge on any atom is -0.370 e. The van der Waals surface area contributed by atoms with E-state index < -0.39 is 17.8 Å². The van der Waals surface area contributed by atoms with Crippen molar-refractivity contribution in [2.75, 3.05) is 39.8 Å². The Kier molecular flexibility index (Phi) is 8.17. The van der Waals surface area contributed by atoms with E-state index in [-0.39, 0.29) is 5.91 Å². The molecule has 6 nitrogen and oxygen atoms in total. The average molecular weight is 441 g/mol. The monoisotopic (exact) mass is 440 g/mol. The number of amides is 1. The molecule has 3 rings (SSSR count). The lowest BCUT2D eigenvalue weighted by atomic mass is 10.0. The number of nitrogens with one attached hydrogen (secondary N) is 2. The van der Waals surface area contributed by atoms with Crippen LogP contribution in [0.15, 0.2) is 29.3 Å². The number of benzene rings is 1. The standard InChI is InChI=1S/C22H31F3N4O2/c1-26-21(28-10-9-27-20(30)13-16-5-2-3-6-16)29-11-12-31-19(15-29)17-7-4-8-18(14-17)22(23,24)25/h4,7-8,14,16,19H,2-3,5-6,9-13,15H2,1H3,(H,26,28)(H,27,30). The molecule has 1 aromatic rings. The number of ether oxygens (including phenoxy) is 1. The molecule has 0 spiro atoms. The summed E-state index contributed by atoms with van der Waals surface area (Å²) < 4.78 is 44.8. The third-order valence-electron chi connectivity index (χ3n) is 5.84. The largest absolute Gasteiger partial charge is 0.416 e. The number of carbonyl (C=O) groups is 1. The zero-order valence-electron chi connectivity index (χ0n) is 17.9. The third-order valence-corrected chi connectivity index (χ3v) is 5.84. The van der Waals surface area contributed by atoms with Gasteiger partial charge in [-0.15, -0.1) is 0 Å². The van der Waals surface area contributed by atoms with E-state index in [0.29, 0.717) is 56.6 Å². The molecule has 1 unspecified atom stereocenters. The van der Waals surface area contributed by atoms with E-state index in [2.05, 4.69) is 15.6 Å². The second kappa shape index (κ2) is 10.8. The predicted molar refractivity (Wildman–Crippen MR) is 113 cm³/mol. The quantitative estimate of drug-likeness (QED) is 0.405. The van der Waals surface area contributed by atoms with Gasteiger partial charge in [-0.05, 0) is 36.5 Å². The van der Waals surface area contributed by atoms with Gasteiger partial charge in [-0.3, -0.25) is 9.79 Å². The highest BCUT2D eigenvalue weighted by molar-refractivity contribution is 5.80. The topological polar surface area (TPSA) is 66.0 Å². The number of rotatable bonds is 6. The van der Waals surface area contributed by atoms with Gasteiger partial charge in [0.15, 0.2) is 5.96 Å². The summed E-state index contributed by atoms with van der Waals surface area (Å²) >= 11 is 0. The Morgan fingerprint density at radius 2 is 1.97 bits per heavy atom. The first kappa shape index (κ1) is 23.4. The van der Waals surface area contributed by atoms with Crippen molar-refractivity contribution in [2.24, 2.45) is 10.9 Å². The molecule has 0 bridgehead atoms. The van der Waals surface area contributed by atoms with Crippen LogP contribution >= 0.6 is 0 Å². The van der Waals surface area contributed by atoms with Crippen LogP contribution in [0.3, 0.4) is 0 Å². The lowest BCUT2D eigenvalue weighted by Gasteiger charge is -2.35. The molecule has 0 aromatic heterocycles. The molecule has 1 amide bonds. The van der Waals surface area contributed by atoms with Crippen molar-refractivity contribution in [1.82, 2.24) is 15.5 Å². The molecule has 1 aliphatic heterocycles. The Bertz CT molecular complexity index is 763. The number of carbonyl (C=O) groups excluding carboxylic acids is 1. The fraction of sp³-hybridized carbons (Fsp3) is 0.636. The van der Waals surface area contributed by atoms with E-state index in [1.54, 1.807) is 13.1 Å². The molecule has 1 atom stereocenters. The maximum atomic E-state index is 13.0. The molecule has 2 aliphatic rings. The van der Waals surface area contributed by atoms with E-state index in [1.807, 2.05) is 4.90 Å². The van der Waals surface area contributed by atoms with Crippen LogP contribution < -0.4 is 10.6 Å². The second-order valence-corrected chi connectivity index (χ2v) is 8.11. The van der Waals surface area contributed by atoms with Crippen LogP contribution in [0.5, 0.6) is 0 Å². The van der Waals surface area contributed by atoms with Crippen LogP contribution in [0.4, 0.5) is 13.2 Å². The first-order valence-corrected chi connectivity index (χ1v) is 10.9. The summed E-state index contributed by atoms with van der Waals surface area (Å²) in [6.07, 6.45) is 0.459. The van der Waals surface area contributed by atoms with Gasteiger partial charge in [-0.25, -0.2) is 0 Å². The summed E-state index contributed by atoms with van der Waals surface area (Å²) in [7, 11) is 1.66. The number of nitrogens with zero attached hydrogens (tertiary/aromatic N) is 2. The van der Waals surface area contributed by atoms with Crippen molar-refractivity contribution >= 4 is 11.9 Å². The Hall–Kier alpha value is -2.29. The van der Waals surface area contributed by atoms with E-state index in [9.17, 15) is 18.0 Å². The van der Waals surface area contributed by atoms with Gasteiger partial charge in [0, 0.05) is 33.1 Å². The highest BCUT2D eigenvalue weighted by atomic mass is 19.4. The maximum absolute atomic E-state index is 13.0. The highest BCUT2D eigenvalue weighted by Crippen LogP contribution is 2.32. The van der Waals surface area contributed by atoms with Gasteiger partial charge in [-0.1, -0.05) is 25.0 Å². The van der Waals surface area contributed by atoms with Crippen molar-refractivity contribution in [1.29, 1.82) is 0 Å². The van der Waals surface area contributed by atoms with Gasteiger partial charge in [0.1, 0.15) is 6.10 Å². The number of hydrogen-bond donors (Lipinski definition) is 2. The predicted octanol–water partition coefficient (Wildman–Crippen LogP) is 3.35. The number of alkyl halides is 3. The van der Waals surface area contributed by atoms with E-state index in [1.165, 1.54) is 18.9 Å². The first-order valence-electron chi connectivity index (χ1n) is 10.9. The molecule has 1 heterocycles. The second-order valence-electron chi connectivity index (χ2n) is 8.11.